The van der Waals surface area contributed by atoms with Crippen LogP contribution in [0.1, 0.15) is 38.4 Å². The summed E-state index contributed by atoms with van der Waals surface area (Å²) in [4.78, 5) is 0. The third-order valence-electron chi connectivity index (χ3n) is 2.97. The van der Waals surface area contributed by atoms with Crippen molar-refractivity contribution in [3.05, 3.63) is 42.0 Å². The Morgan fingerprint density at radius 2 is 1.78 bits per heavy atom. The summed E-state index contributed by atoms with van der Waals surface area (Å²) < 4.78 is 15.5. The monoisotopic (exact) mass is 247 g/mol. The number of benzene rings is 1. The summed E-state index contributed by atoms with van der Waals surface area (Å²) in [5, 5.41) is 4.07. The lowest BCUT2D eigenvalue weighted by Crippen LogP contribution is -2.05. The normalized spacial score (nSPS) is 13.0. The smallest absolute Gasteiger partial charge is 0.219 e. The van der Waals surface area contributed by atoms with E-state index in [4.69, 9.17) is 5.73 Å². The van der Waals surface area contributed by atoms with Gasteiger partial charge in [0.1, 0.15) is 0 Å². The van der Waals surface area contributed by atoms with Crippen LogP contribution in [0.5, 0.6) is 0 Å². The van der Waals surface area contributed by atoms with E-state index in [1.165, 1.54) is 4.68 Å². The van der Waals surface area contributed by atoms with Gasteiger partial charge in [0.15, 0.2) is 0 Å². The van der Waals surface area contributed by atoms with Crippen LogP contribution in [0.3, 0.4) is 0 Å². The highest BCUT2D eigenvalue weighted by Gasteiger charge is 2.14. The van der Waals surface area contributed by atoms with Crippen molar-refractivity contribution in [1.29, 1.82) is 0 Å². The minimum Gasteiger partial charge on any atom is -0.324 e. The van der Waals surface area contributed by atoms with Gasteiger partial charge in [-0.2, -0.15) is 9.49 Å². The van der Waals surface area contributed by atoms with Crippen molar-refractivity contribution >= 4 is 0 Å². The molecular weight excluding hydrogens is 229 g/mol. The molecule has 2 N–H and O–H groups in total. The topological polar surface area (TPSA) is 43.8 Å². The lowest BCUT2D eigenvalue weighted by atomic mass is 10.0. The molecule has 2 rings (SSSR count). The van der Waals surface area contributed by atoms with E-state index >= 15 is 0 Å². The van der Waals surface area contributed by atoms with Gasteiger partial charge >= 0.3 is 0 Å². The van der Waals surface area contributed by atoms with Crippen LogP contribution in [0.15, 0.2) is 30.5 Å². The minimum atomic E-state index is -0.293. The SMILES string of the molecule is CC(N)c1ccc(-c2cnn(C(C)C)c2F)cc1. The summed E-state index contributed by atoms with van der Waals surface area (Å²) in [5.74, 6) is -0.293. The average Bonchev–Trinajstić information content (AvgIpc) is 2.71. The van der Waals surface area contributed by atoms with E-state index in [9.17, 15) is 4.39 Å². The lowest BCUT2D eigenvalue weighted by molar-refractivity contribution is 0.417. The zero-order chi connectivity index (χ0) is 13.3. The molecule has 0 fully saturated rings. The third kappa shape index (κ3) is 2.29. The van der Waals surface area contributed by atoms with Crippen LogP contribution >= 0.6 is 0 Å². The molecule has 3 nitrogen and oxygen atoms in total. The minimum absolute atomic E-state index is 0.0118. The second-order valence-corrected chi connectivity index (χ2v) is 4.80. The van der Waals surface area contributed by atoms with Crippen molar-refractivity contribution in [3.63, 3.8) is 0 Å². The average molecular weight is 247 g/mol. The Kier molecular flexibility index (Phi) is 3.48. The van der Waals surface area contributed by atoms with Gasteiger partial charge in [-0.05, 0) is 31.9 Å². The Bertz CT molecular complexity index is 526. The van der Waals surface area contributed by atoms with Crippen LogP contribution in [0.4, 0.5) is 4.39 Å². The van der Waals surface area contributed by atoms with Crippen molar-refractivity contribution in [2.45, 2.75) is 32.9 Å². The molecule has 0 spiro atoms. The molecule has 0 aliphatic rings. The number of nitrogens with zero attached hydrogens (tertiary/aromatic N) is 2. The molecule has 18 heavy (non-hydrogen) atoms. The van der Waals surface area contributed by atoms with Gasteiger partial charge in [0.25, 0.3) is 0 Å². The Hall–Kier alpha value is -1.68. The van der Waals surface area contributed by atoms with Crippen LogP contribution < -0.4 is 5.73 Å². The zero-order valence-electron chi connectivity index (χ0n) is 10.9. The van der Waals surface area contributed by atoms with Gasteiger partial charge in [-0.25, -0.2) is 4.68 Å². The van der Waals surface area contributed by atoms with E-state index in [2.05, 4.69) is 5.10 Å². The maximum atomic E-state index is 14.1. The van der Waals surface area contributed by atoms with Gasteiger partial charge < -0.3 is 5.73 Å². The van der Waals surface area contributed by atoms with Crippen molar-refractivity contribution in [1.82, 2.24) is 9.78 Å². The molecule has 1 aromatic carbocycles. The first-order chi connectivity index (χ1) is 8.50. The van der Waals surface area contributed by atoms with Gasteiger partial charge in [0.05, 0.1) is 11.8 Å². The van der Waals surface area contributed by atoms with E-state index in [0.29, 0.717) is 5.56 Å². The van der Waals surface area contributed by atoms with Crippen molar-refractivity contribution in [3.8, 4) is 11.1 Å². The second kappa shape index (κ2) is 4.90. The first kappa shape index (κ1) is 12.8. The molecule has 1 atom stereocenters. The molecule has 96 valence electrons. The molecule has 0 aliphatic heterocycles. The predicted octanol–water partition coefficient (Wildman–Crippen LogP) is 3.29. The van der Waals surface area contributed by atoms with Gasteiger partial charge in [-0.15, -0.1) is 0 Å². The molecule has 0 saturated carbocycles. The Morgan fingerprint density at radius 1 is 1.17 bits per heavy atom. The molecule has 0 saturated heterocycles. The Morgan fingerprint density at radius 3 is 2.22 bits per heavy atom. The third-order valence-corrected chi connectivity index (χ3v) is 2.97. The summed E-state index contributed by atoms with van der Waals surface area (Å²) in [6, 6.07) is 7.61. The second-order valence-electron chi connectivity index (χ2n) is 4.80. The maximum Gasteiger partial charge on any atom is 0.219 e. The number of halogens is 1. The quantitative estimate of drug-likeness (QED) is 0.904. The summed E-state index contributed by atoms with van der Waals surface area (Å²) in [7, 11) is 0. The van der Waals surface area contributed by atoms with E-state index in [-0.39, 0.29) is 18.0 Å². The largest absolute Gasteiger partial charge is 0.324 e. The van der Waals surface area contributed by atoms with E-state index < -0.39 is 0 Å². The molecular formula is C14H18FN3. The molecule has 0 radical (unpaired) electrons. The summed E-state index contributed by atoms with van der Waals surface area (Å²) >= 11 is 0. The predicted molar refractivity (Wildman–Crippen MR) is 70.6 cm³/mol. The number of aromatic nitrogens is 2. The fourth-order valence-electron chi connectivity index (χ4n) is 1.87. The fourth-order valence-corrected chi connectivity index (χ4v) is 1.87. The van der Waals surface area contributed by atoms with E-state index in [1.807, 2.05) is 45.0 Å². The number of rotatable bonds is 3. The van der Waals surface area contributed by atoms with Gasteiger partial charge in [0, 0.05) is 12.1 Å². The molecule has 2 aromatic rings. The van der Waals surface area contributed by atoms with Crippen molar-refractivity contribution in [2.75, 3.05) is 0 Å². The maximum absolute atomic E-state index is 14.1. The van der Waals surface area contributed by atoms with Crippen LogP contribution in [-0.4, -0.2) is 9.78 Å². The molecule has 1 unspecified atom stereocenters. The fraction of sp³-hybridized carbons (Fsp3) is 0.357. The highest BCUT2D eigenvalue weighted by molar-refractivity contribution is 5.62. The van der Waals surface area contributed by atoms with Crippen LogP contribution in [0.2, 0.25) is 0 Å². The molecule has 0 aliphatic carbocycles. The molecule has 1 aromatic heterocycles. The van der Waals surface area contributed by atoms with E-state index in [1.54, 1.807) is 6.20 Å². The van der Waals surface area contributed by atoms with E-state index in [0.717, 1.165) is 11.1 Å². The number of hydrogen-bond donors (Lipinski definition) is 1. The first-order valence-corrected chi connectivity index (χ1v) is 6.09. The molecule has 0 bridgehead atoms. The number of hydrogen-bond acceptors (Lipinski definition) is 2. The highest BCUT2D eigenvalue weighted by atomic mass is 19.1. The van der Waals surface area contributed by atoms with Gasteiger partial charge in [0.2, 0.25) is 5.95 Å². The lowest BCUT2D eigenvalue weighted by Gasteiger charge is -2.07. The highest BCUT2D eigenvalue weighted by Crippen LogP contribution is 2.25. The summed E-state index contributed by atoms with van der Waals surface area (Å²) in [5.41, 5.74) is 8.17. The van der Waals surface area contributed by atoms with Gasteiger partial charge in [-0.3, -0.25) is 0 Å². The van der Waals surface area contributed by atoms with Crippen LogP contribution in [-0.2, 0) is 0 Å². The standard InChI is InChI=1S/C14H18FN3/c1-9(2)18-14(15)13(8-17-18)12-6-4-11(5-7-12)10(3)16/h4-10H,16H2,1-3H3. The van der Waals surface area contributed by atoms with Crippen LogP contribution in [0, 0.1) is 5.95 Å². The summed E-state index contributed by atoms with van der Waals surface area (Å²) in [6.45, 7) is 5.73. The number of nitrogens with two attached hydrogens (primary N) is 1. The molecule has 4 heteroatoms. The Balaban J connectivity index is 2.37. The zero-order valence-corrected chi connectivity index (χ0v) is 10.9. The van der Waals surface area contributed by atoms with Crippen molar-refractivity contribution < 1.29 is 4.39 Å². The van der Waals surface area contributed by atoms with Gasteiger partial charge in [-0.1, -0.05) is 24.3 Å². The molecule has 1 heterocycles. The van der Waals surface area contributed by atoms with Crippen molar-refractivity contribution in [2.24, 2.45) is 5.73 Å². The Labute approximate surface area is 106 Å². The molecule has 0 amide bonds. The van der Waals surface area contributed by atoms with Crippen LogP contribution in [0.25, 0.3) is 11.1 Å². The summed E-state index contributed by atoms with van der Waals surface area (Å²) in [6.07, 6.45) is 1.57. The first-order valence-electron chi connectivity index (χ1n) is 6.09.